The number of hydrogen-bond donors (Lipinski definition) is 1. The van der Waals surface area contributed by atoms with Crippen molar-refractivity contribution in [3.05, 3.63) is 34.9 Å². The molecule has 2 aliphatic carbocycles. The maximum atomic E-state index is 15.8. The normalized spacial score (nSPS) is 31.3. The van der Waals surface area contributed by atoms with Crippen molar-refractivity contribution in [3.63, 3.8) is 0 Å². The van der Waals surface area contributed by atoms with Crippen LogP contribution in [0.15, 0.2) is 18.1 Å². The predicted octanol–water partition coefficient (Wildman–Crippen LogP) is 3.89. The van der Waals surface area contributed by atoms with Gasteiger partial charge in [0.25, 0.3) is 0 Å². The number of carbonyl (C=O) groups is 1. The predicted molar refractivity (Wildman–Crippen MR) is 80.4 cm³/mol. The molecule has 1 atom stereocenters. The van der Waals surface area contributed by atoms with E-state index in [4.69, 9.17) is 5.73 Å². The van der Waals surface area contributed by atoms with E-state index in [1.165, 1.54) is 18.3 Å². The Labute approximate surface area is 128 Å². The Hall–Kier alpha value is -1.78. The summed E-state index contributed by atoms with van der Waals surface area (Å²) >= 11 is 0. The van der Waals surface area contributed by atoms with Crippen LogP contribution in [0.25, 0.3) is 6.08 Å². The molecule has 0 aliphatic heterocycles. The van der Waals surface area contributed by atoms with Crippen molar-refractivity contribution >= 4 is 12.0 Å². The first kappa shape index (κ1) is 15.1. The number of rotatable bonds is 2. The van der Waals surface area contributed by atoms with E-state index in [0.29, 0.717) is 11.5 Å². The minimum absolute atomic E-state index is 0.167. The number of nitrogens with zero attached hydrogens (tertiary/aromatic N) is 1. The maximum absolute atomic E-state index is 15.8. The molecule has 0 saturated heterocycles. The summed E-state index contributed by atoms with van der Waals surface area (Å²) in [5.41, 5.74) is 4.22. The van der Waals surface area contributed by atoms with Gasteiger partial charge in [-0.25, -0.2) is 8.78 Å². The summed E-state index contributed by atoms with van der Waals surface area (Å²) < 4.78 is 29.7. The molecule has 0 radical (unpaired) electrons. The summed E-state index contributed by atoms with van der Waals surface area (Å²) in [4.78, 5) is 15.4. The summed E-state index contributed by atoms with van der Waals surface area (Å²) in [5.74, 6) is -0.803. The van der Waals surface area contributed by atoms with Crippen molar-refractivity contribution in [3.8, 4) is 0 Å². The number of halogens is 2. The van der Waals surface area contributed by atoms with E-state index in [1.54, 1.807) is 0 Å². The smallest absolute Gasteiger partial charge is 0.250 e. The lowest BCUT2D eigenvalue weighted by Crippen LogP contribution is -2.36. The molecular weight excluding hydrogens is 286 g/mol. The Morgan fingerprint density at radius 1 is 1.36 bits per heavy atom. The average Bonchev–Trinajstić information content (AvgIpc) is 2.47. The summed E-state index contributed by atoms with van der Waals surface area (Å²) in [6, 6.07) is 1.45. The highest BCUT2D eigenvalue weighted by molar-refractivity contribution is 5.93. The number of aromatic nitrogens is 1. The first-order valence-electron chi connectivity index (χ1n) is 7.75. The van der Waals surface area contributed by atoms with E-state index < -0.39 is 17.4 Å². The minimum Gasteiger partial charge on any atom is -0.366 e. The molecular formula is C17H20F2N2O. The van der Waals surface area contributed by atoms with E-state index in [2.05, 4.69) is 11.9 Å². The average molecular weight is 306 g/mol. The lowest BCUT2D eigenvalue weighted by Gasteiger charge is -2.40. The zero-order valence-electron chi connectivity index (χ0n) is 12.6. The fourth-order valence-electron chi connectivity index (χ4n) is 3.68. The van der Waals surface area contributed by atoms with Gasteiger partial charge in [0.05, 0.1) is 11.3 Å². The monoisotopic (exact) mass is 306 g/mol. The topological polar surface area (TPSA) is 56.0 Å². The number of amides is 1. The first-order valence-corrected chi connectivity index (χ1v) is 7.75. The van der Waals surface area contributed by atoms with Gasteiger partial charge < -0.3 is 5.73 Å². The molecule has 2 aliphatic rings. The molecule has 1 fully saturated rings. The van der Waals surface area contributed by atoms with Gasteiger partial charge in [-0.1, -0.05) is 19.8 Å². The molecule has 22 heavy (non-hydrogen) atoms. The summed E-state index contributed by atoms with van der Waals surface area (Å²) in [6.07, 6.45) is 5.60. The number of nitrogens with two attached hydrogens (primary N) is 1. The maximum Gasteiger partial charge on any atom is 0.250 e. The number of fused-ring (bicyclic) bond motifs is 1. The third-order valence-corrected chi connectivity index (χ3v) is 5.03. The van der Waals surface area contributed by atoms with Crippen molar-refractivity contribution in [1.29, 1.82) is 0 Å². The molecule has 1 aromatic heterocycles. The Morgan fingerprint density at radius 2 is 2.05 bits per heavy atom. The standard InChI is InChI=1S/C17H20F2N2O/c1-10-2-4-12(5-3-10)17(19)8-13(18)7-15-14(17)6-11(9-21-15)16(20)22/h6-7,9-10,12H,2-5,8H2,1H3,(H2,20,22). The van der Waals surface area contributed by atoms with Crippen LogP contribution in [0.4, 0.5) is 8.78 Å². The highest BCUT2D eigenvalue weighted by Gasteiger charge is 2.46. The van der Waals surface area contributed by atoms with E-state index in [9.17, 15) is 9.18 Å². The molecule has 1 aromatic rings. The lowest BCUT2D eigenvalue weighted by atomic mass is 9.69. The molecule has 0 bridgehead atoms. The number of carbonyl (C=O) groups excluding carboxylic acids is 1. The molecule has 0 aromatic carbocycles. The Balaban J connectivity index is 2.04. The van der Waals surface area contributed by atoms with Crippen LogP contribution in [0.2, 0.25) is 0 Å². The molecule has 0 spiro atoms. The van der Waals surface area contributed by atoms with Crippen LogP contribution in [-0.2, 0) is 5.67 Å². The van der Waals surface area contributed by atoms with Crippen LogP contribution >= 0.6 is 0 Å². The van der Waals surface area contributed by atoms with E-state index >= 15 is 4.39 Å². The van der Waals surface area contributed by atoms with Gasteiger partial charge in [0.1, 0.15) is 11.5 Å². The third-order valence-electron chi connectivity index (χ3n) is 5.03. The Kier molecular flexibility index (Phi) is 3.75. The second-order valence-electron chi connectivity index (χ2n) is 6.61. The first-order chi connectivity index (χ1) is 10.4. The van der Waals surface area contributed by atoms with Gasteiger partial charge in [-0.3, -0.25) is 9.78 Å². The van der Waals surface area contributed by atoms with Crippen LogP contribution in [0.1, 0.15) is 60.6 Å². The molecule has 1 saturated carbocycles. The van der Waals surface area contributed by atoms with Gasteiger partial charge in [0.2, 0.25) is 5.91 Å². The van der Waals surface area contributed by atoms with Crippen molar-refractivity contribution < 1.29 is 13.6 Å². The number of primary amides is 1. The number of pyridine rings is 1. The molecule has 2 N–H and O–H groups in total. The van der Waals surface area contributed by atoms with Crippen molar-refractivity contribution in [2.75, 3.05) is 0 Å². The summed E-state index contributed by atoms with van der Waals surface area (Å²) in [7, 11) is 0. The van der Waals surface area contributed by atoms with Gasteiger partial charge in [0, 0.05) is 18.2 Å². The highest BCUT2D eigenvalue weighted by atomic mass is 19.2. The van der Waals surface area contributed by atoms with E-state index in [0.717, 1.165) is 25.7 Å². The third kappa shape index (κ3) is 2.53. The Morgan fingerprint density at radius 3 is 2.68 bits per heavy atom. The van der Waals surface area contributed by atoms with Crippen LogP contribution in [0.3, 0.4) is 0 Å². The SMILES string of the molecule is CC1CCC(C2(F)CC(F)=Cc3ncc(C(N)=O)cc32)CC1. The van der Waals surface area contributed by atoms with Crippen LogP contribution in [0.5, 0.6) is 0 Å². The van der Waals surface area contributed by atoms with Gasteiger partial charge >= 0.3 is 0 Å². The molecule has 3 rings (SSSR count). The fourth-order valence-corrected chi connectivity index (χ4v) is 3.68. The zero-order valence-corrected chi connectivity index (χ0v) is 12.6. The summed E-state index contributed by atoms with van der Waals surface area (Å²) in [5, 5.41) is 0. The van der Waals surface area contributed by atoms with Crippen LogP contribution in [0, 0.1) is 11.8 Å². The fraction of sp³-hybridized carbons (Fsp3) is 0.529. The highest BCUT2D eigenvalue weighted by Crippen LogP contribution is 2.50. The largest absolute Gasteiger partial charge is 0.366 e. The lowest BCUT2D eigenvalue weighted by molar-refractivity contribution is 0.0371. The summed E-state index contributed by atoms with van der Waals surface area (Å²) in [6.45, 7) is 2.16. The second kappa shape index (κ2) is 5.45. The van der Waals surface area contributed by atoms with Crippen molar-refractivity contribution in [1.82, 2.24) is 4.98 Å². The Bertz CT molecular complexity index is 636. The molecule has 5 heteroatoms. The quantitative estimate of drug-likeness (QED) is 0.901. The van der Waals surface area contributed by atoms with E-state index in [1.807, 2.05) is 0 Å². The van der Waals surface area contributed by atoms with Crippen LogP contribution in [-0.4, -0.2) is 10.9 Å². The number of alkyl halides is 1. The van der Waals surface area contributed by atoms with Crippen LogP contribution < -0.4 is 5.73 Å². The zero-order chi connectivity index (χ0) is 15.9. The van der Waals surface area contributed by atoms with Gasteiger partial charge in [-0.15, -0.1) is 0 Å². The second-order valence-corrected chi connectivity index (χ2v) is 6.61. The van der Waals surface area contributed by atoms with Crippen molar-refractivity contribution in [2.24, 2.45) is 17.6 Å². The van der Waals surface area contributed by atoms with Gasteiger partial charge in [-0.2, -0.15) is 0 Å². The molecule has 1 heterocycles. The molecule has 1 unspecified atom stereocenters. The number of hydrogen-bond acceptors (Lipinski definition) is 2. The molecule has 1 amide bonds. The number of allylic oxidation sites excluding steroid dienone is 1. The van der Waals surface area contributed by atoms with Gasteiger partial charge in [0.15, 0.2) is 0 Å². The van der Waals surface area contributed by atoms with Gasteiger partial charge in [-0.05, 0) is 36.8 Å². The molecule has 118 valence electrons. The van der Waals surface area contributed by atoms with Crippen molar-refractivity contribution in [2.45, 2.75) is 44.7 Å². The van der Waals surface area contributed by atoms with E-state index in [-0.39, 0.29) is 23.6 Å². The minimum atomic E-state index is -1.80. The molecule has 3 nitrogen and oxygen atoms in total.